The van der Waals surface area contributed by atoms with E-state index in [-0.39, 0.29) is 35.8 Å². The first-order chi connectivity index (χ1) is 10.9. The van der Waals surface area contributed by atoms with Crippen molar-refractivity contribution in [2.24, 2.45) is 7.05 Å². The average molecular weight is 322 g/mol. The van der Waals surface area contributed by atoms with E-state index in [0.29, 0.717) is 5.69 Å². The number of nitrogens with zero attached hydrogens (tertiary/aromatic N) is 6. The molecule has 3 heterocycles. The van der Waals surface area contributed by atoms with Crippen molar-refractivity contribution in [3.05, 3.63) is 29.8 Å². The summed E-state index contributed by atoms with van der Waals surface area (Å²) in [4.78, 5) is 18.8. The molecule has 3 aromatic rings. The number of hydrogen-bond donors (Lipinski definition) is 1. The Morgan fingerprint density at radius 3 is 2.70 bits per heavy atom. The van der Waals surface area contributed by atoms with Crippen molar-refractivity contribution in [1.82, 2.24) is 29.4 Å². The quantitative estimate of drug-likeness (QED) is 0.764. The number of carboxylic acids is 1. The molecule has 0 amide bonds. The van der Waals surface area contributed by atoms with Crippen molar-refractivity contribution in [3.63, 3.8) is 0 Å². The number of aliphatic carboxylic acids is 1. The SMILES string of the molecule is Cn1ccc(-c2cc(C(F)F)n3nc(CCC(=O)O)nc3n2)n1. The number of fused-ring (bicyclic) bond motifs is 1. The minimum absolute atomic E-state index is 0.0103. The number of carboxylic acid groups (broad SMARTS) is 1. The van der Waals surface area contributed by atoms with Gasteiger partial charge in [0.25, 0.3) is 12.2 Å². The smallest absolute Gasteiger partial charge is 0.303 e. The molecule has 8 nitrogen and oxygen atoms in total. The Kier molecular flexibility index (Phi) is 3.72. The van der Waals surface area contributed by atoms with Crippen LogP contribution < -0.4 is 0 Å². The molecule has 0 saturated carbocycles. The van der Waals surface area contributed by atoms with Gasteiger partial charge in [-0.05, 0) is 12.1 Å². The molecule has 0 aliphatic heterocycles. The maximum atomic E-state index is 13.3. The minimum Gasteiger partial charge on any atom is -0.481 e. The fraction of sp³-hybridized carbons (Fsp3) is 0.308. The normalized spacial score (nSPS) is 11.5. The second kappa shape index (κ2) is 5.71. The molecular formula is C13H12F2N6O2. The van der Waals surface area contributed by atoms with E-state index in [1.54, 1.807) is 19.3 Å². The van der Waals surface area contributed by atoms with Gasteiger partial charge in [0, 0.05) is 19.7 Å². The Bertz CT molecular complexity index is 873. The molecule has 0 radical (unpaired) electrons. The van der Waals surface area contributed by atoms with Crippen LogP contribution in [0.2, 0.25) is 0 Å². The lowest BCUT2D eigenvalue weighted by Gasteiger charge is -2.04. The molecule has 0 spiro atoms. The van der Waals surface area contributed by atoms with E-state index in [0.717, 1.165) is 4.52 Å². The van der Waals surface area contributed by atoms with Crippen LogP contribution in [0.5, 0.6) is 0 Å². The first kappa shape index (κ1) is 15.0. The largest absolute Gasteiger partial charge is 0.481 e. The molecule has 0 aliphatic rings. The van der Waals surface area contributed by atoms with Crippen LogP contribution in [0.15, 0.2) is 18.3 Å². The lowest BCUT2D eigenvalue weighted by Crippen LogP contribution is -2.03. The third kappa shape index (κ3) is 3.00. The molecule has 3 aromatic heterocycles. The average Bonchev–Trinajstić information content (AvgIpc) is 3.09. The van der Waals surface area contributed by atoms with Gasteiger partial charge in [-0.3, -0.25) is 9.48 Å². The highest BCUT2D eigenvalue weighted by atomic mass is 19.3. The van der Waals surface area contributed by atoms with E-state index in [4.69, 9.17) is 5.11 Å². The molecule has 0 bridgehead atoms. The van der Waals surface area contributed by atoms with Gasteiger partial charge in [0.05, 0.1) is 12.1 Å². The topological polar surface area (TPSA) is 98.2 Å². The van der Waals surface area contributed by atoms with E-state index in [9.17, 15) is 13.6 Å². The van der Waals surface area contributed by atoms with Crippen LogP contribution in [0.25, 0.3) is 17.2 Å². The van der Waals surface area contributed by atoms with Crippen LogP contribution in [0.4, 0.5) is 8.78 Å². The molecule has 0 aromatic carbocycles. The molecule has 120 valence electrons. The van der Waals surface area contributed by atoms with Crippen molar-refractivity contribution < 1.29 is 18.7 Å². The first-order valence-corrected chi connectivity index (χ1v) is 6.70. The zero-order valence-corrected chi connectivity index (χ0v) is 12.0. The molecule has 0 saturated heterocycles. The fourth-order valence-electron chi connectivity index (χ4n) is 2.10. The van der Waals surface area contributed by atoms with Crippen molar-refractivity contribution >= 4 is 11.7 Å². The van der Waals surface area contributed by atoms with E-state index in [1.165, 1.54) is 10.7 Å². The summed E-state index contributed by atoms with van der Waals surface area (Å²) in [5.74, 6) is -0.871. The predicted molar refractivity (Wildman–Crippen MR) is 73.9 cm³/mol. The number of alkyl halides is 2. The summed E-state index contributed by atoms with van der Waals surface area (Å²) in [5.41, 5.74) is 0.322. The van der Waals surface area contributed by atoms with Crippen molar-refractivity contribution in [2.45, 2.75) is 19.3 Å². The van der Waals surface area contributed by atoms with Crippen molar-refractivity contribution in [1.29, 1.82) is 0 Å². The summed E-state index contributed by atoms with van der Waals surface area (Å²) in [6.45, 7) is 0. The molecule has 3 rings (SSSR count). The standard InChI is InChI=1S/C13H12F2N6O2/c1-20-5-4-7(18-20)8-6-9(12(14)15)21-13(16-8)17-10(19-21)2-3-11(22)23/h4-6,12H,2-3H2,1H3,(H,22,23). The van der Waals surface area contributed by atoms with Gasteiger partial charge >= 0.3 is 5.97 Å². The fourth-order valence-corrected chi connectivity index (χ4v) is 2.10. The predicted octanol–water partition coefficient (Wildman–Crippen LogP) is 1.48. The van der Waals surface area contributed by atoms with Gasteiger partial charge in [-0.1, -0.05) is 0 Å². The maximum absolute atomic E-state index is 13.3. The Morgan fingerprint density at radius 1 is 1.30 bits per heavy atom. The molecule has 23 heavy (non-hydrogen) atoms. The van der Waals surface area contributed by atoms with Gasteiger partial charge in [-0.15, -0.1) is 5.10 Å². The van der Waals surface area contributed by atoms with Crippen LogP contribution in [-0.2, 0) is 18.3 Å². The highest BCUT2D eigenvalue weighted by molar-refractivity contribution is 5.66. The van der Waals surface area contributed by atoms with Gasteiger partial charge in [0.1, 0.15) is 11.4 Å². The molecule has 0 unspecified atom stereocenters. The van der Waals surface area contributed by atoms with E-state index in [2.05, 4.69) is 20.2 Å². The second-order valence-electron chi connectivity index (χ2n) is 4.88. The number of halogens is 2. The van der Waals surface area contributed by atoms with Crippen LogP contribution in [-0.4, -0.2) is 40.4 Å². The molecule has 10 heteroatoms. The van der Waals surface area contributed by atoms with E-state index in [1.807, 2.05) is 0 Å². The van der Waals surface area contributed by atoms with Crippen LogP contribution in [0, 0.1) is 0 Å². The highest BCUT2D eigenvalue weighted by Crippen LogP contribution is 2.24. The third-order valence-corrected chi connectivity index (χ3v) is 3.15. The molecule has 0 fully saturated rings. The van der Waals surface area contributed by atoms with Crippen LogP contribution >= 0.6 is 0 Å². The summed E-state index contributed by atoms with van der Waals surface area (Å²) < 4.78 is 29.0. The second-order valence-corrected chi connectivity index (χ2v) is 4.88. The number of hydrogen-bond acceptors (Lipinski definition) is 5. The van der Waals surface area contributed by atoms with Crippen molar-refractivity contribution in [3.8, 4) is 11.4 Å². The highest BCUT2D eigenvalue weighted by Gasteiger charge is 2.19. The zero-order chi connectivity index (χ0) is 16.6. The molecular weight excluding hydrogens is 310 g/mol. The summed E-state index contributed by atoms with van der Waals surface area (Å²) >= 11 is 0. The molecule has 0 aliphatic carbocycles. The number of rotatable bonds is 5. The number of aryl methyl sites for hydroxylation is 2. The van der Waals surface area contributed by atoms with Gasteiger partial charge in [-0.25, -0.2) is 13.8 Å². The Balaban J connectivity index is 2.09. The van der Waals surface area contributed by atoms with Crippen LogP contribution in [0.3, 0.4) is 0 Å². The monoisotopic (exact) mass is 322 g/mol. The van der Waals surface area contributed by atoms with E-state index >= 15 is 0 Å². The summed E-state index contributed by atoms with van der Waals surface area (Å²) in [6, 6.07) is 2.85. The third-order valence-electron chi connectivity index (χ3n) is 3.15. The maximum Gasteiger partial charge on any atom is 0.303 e. The lowest BCUT2D eigenvalue weighted by molar-refractivity contribution is -0.137. The van der Waals surface area contributed by atoms with Gasteiger partial charge in [0.15, 0.2) is 5.82 Å². The Hall–Kier alpha value is -2.91. The van der Waals surface area contributed by atoms with Gasteiger partial charge in [-0.2, -0.15) is 14.6 Å². The molecule has 1 N–H and O–H groups in total. The van der Waals surface area contributed by atoms with Gasteiger partial charge in [0.2, 0.25) is 0 Å². The van der Waals surface area contributed by atoms with Gasteiger partial charge < -0.3 is 5.11 Å². The zero-order valence-electron chi connectivity index (χ0n) is 12.0. The van der Waals surface area contributed by atoms with Crippen LogP contribution in [0.1, 0.15) is 24.4 Å². The summed E-state index contributed by atoms with van der Waals surface area (Å²) in [5, 5.41) is 16.7. The number of aromatic nitrogens is 6. The first-order valence-electron chi connectivity index (χ1n) is 6.70. The number of carbonyl (C=O) groups is 1. The Labute approximate surface area is 128 Å². The summed E-state index contributed by atoms with van der Waals surface area (Å²) in [6.07, 6.45) is -1.25. The Morgan fingerprint density at radius 2 is 2.09 bits per heavy atom. The minimum atomic E-state index is -2.78. The lowest BCUT2D eigenvalue weighted by atomic mass is 10.2. The van der Waals surface area contributed by atoms with E-state index < -0.39 is 12.4 Å². The van der Waals surface area contributed by atoms with Crippen molar-refractivity contribution in [2.75, 3.05) is 0 Å². The molecule has 0 atom stereocenters. The summed E-state index contributed by atoms with van der Waals surface area (Å²) in [7, 11) is 1.71.